The summed E-state index contributed by atoms with van der Waals surface area (Å²) in [5.74, 6) is 0.571. The van der Waals surface area contributed by atoms with Gasteiger partial charge in [0.05, 0.1) is 11.4 Å². The lowest BCUT2D eigenvalue weighted by molar-refractivity contribution is -0.119. The topological polar surface area (TPSA) is 46.3 Å². The molecule has 3 nitrogen and oxygen atoms in total. The van der Waals surface area contributed by atoms with Gasteiger partial charge in [0.15, 0.2) is 0 Å². The SMILES string of the molecule is CCC(C)CC(=O)N(CC)c1ccccc1N. The Morgan fingerprint density at radius 1 is 1.35 bits per heavy atom. The first-order valence-corrected chi connectivity index (χ1v) is 6.25. The second kappa shape index (κ2) is 6.28. The molecule has 0 saturated carbocycles. The molecule has 0 spiro atoms. The van der Waals surface area contributed by atoms with Gasteiger partial charge in [0, 0.05) is 13.0 Å². The third kappa shape index (κ3) is 3.48. The van der Waals surface area contributed by atoms with Crippen LogP contribution in [0.3, 0.4) is 0 Å². The van der Waals surface area contributed by atoms with Crippen molar-refractivity contribution in [1.82, 2.24) is 0 Å². The molecule has 0 radical (unpaired) electrons. The van der Waals surface area contributed by atoms with E-state index in [2.05, 4.69) is 13.8 Å². The summed E-state index contributed by atoms with van der Waals surface area (Å²) in [6.07, 6.45) is 1.60. The van der Waals surface area contributed by atoms with E-state index in [4.69, 9.17) is 5.73 Å². The molecule has 1 rings (SSSR count). The normalized spacial score (nSPS) is 12.2. The molecule has 0 bridgehead atoms. The Balaban J connectivity index is 2.85. The van der Waals surface area contributed by atoms with Crippen LogP contribution in [0.5, 0.6) is 0 Å². The quantitative estimate of drug-likeness (QED) is 0.796. The largest absolute Gasteiger partial charge is 0.397 e. The van der Waals surface area contributed by atoms with Crippen molar-refractivity contribution in [3.63, 3.8) is 0 Å². The highest BCUT2D eigenvalue weighted by Crippen LogP contribution is 2.24. The highest BCUT2D eigenvalue weighted by molar-refractivity contribution is 5.96. The molecule has 2 N–H and O–H groups in total. The number of para-hydroxylation sites is 2. The lowest BCUT2D eigenvalue weighted by Gasteiger charge is -2.23. The van der Waals surface area contributed by atoms with Gasteiger partial charge in [-0.25, -0.2) is 0 Å². The van der Waals surface area contributed by atoms with Crippen LogP contribution in [0.2, 0.25) is 0 Å². The van der Waals surface area contributed by atoms with Crippen molar-refractivity contribution >= 4 is 17.3 Å². The lowest BCUT2D eigenvalue weighted by Crippen LogP contribution is -2.32. The first-order valence-electron chi connectivity index (χ1n) is 6.25. The van der Waals surface area contributed by atoms with Gasteiger partial charge in [-0.3, -0.25) is 4.79 Å². The zero-order valence-corrected chi connectivity index (χ0v) is 10.9. The Labute approximate surface area is 104 Å². The molecule has 0 aliphatic heterocycles. The van der Waals surface area contributed by atoms with Gasteiger partial charge >= 0.3 is 0 Å². The predicted octanol–water partition coefficient (Wildman–Crippen LogP) is 3.06. The molecule has 0 heterocycles. The smallest absolute Gasteiger partial charge is 0.227 e. The highest BCUT2D eigenvalue weighted by Gasteiger charge is 2.17. The summed E-state index contributed by atoms with van der Waals surface area (Å²) in [6.45, 7) is 6.83. The number of nitrogens with zero attached hydrogens (tertiary/aromatic N) is 1. The van der Waals surface area contributed by atoms with Crippen LogP contribution in [-0.2, 0) is 4.79 Å². The molecular formula is C14H22N2O. The van der Waals surface area contributed by atoms with Crippen LogP contribution in [0.4, 0.5) is 11.4 Å². The maximum absolute atomic E-state index is 12.2. The zero-order valence-electron chi connectivity index (χ0n) is 10.9. The Morgan fingerprint density at radius 2 is 2.00 bits per heavy atom. The molecular weight excluding hydrogens is 212 g/mol. The van der Waals surface area contributed by atoms with E-state index in [1.165, 1.54) is 0 Å². The molecule has 1 atom stereocenters. The van der Waals surface area contributed by atoms with E-state index in [0.717, 1.165) is 12.1 Å². The summed E-state index contributed by atoms with van der Waals surface area (Å²) in [4.78, 5) is 13.9. The lowest BCUT2D eigenvalue weighted by atomic mass is 10.0. The van der Waals surface area contributed by atoms with E-state index < -0.39 is 0 Å². The van der Waals surface area contributed by atoms with E-state index in [-0.39, 0.29) is 5.91 Å². The Morgan fingerprint density at radius 3 is 2.53 bits per heavy atom. The number of hydrogen-bond acceptors (Lipinski definition) is 2. The third-order valence-electron chi connectivity index (χ3n) is 3.06. The van der Waals surface area contributed by atoms with Crippen molar-refractivity contribution in [3.8, 4) is 0 Å². The van der Waals surface area contributed by atoms with Gasteiger partial charge < -0.3 is 10.6 Å². The van der Waals surface area contributed by atoms with E-state index in [0.29, 0.717) is 24.6 Å². The van der Waals surface area contributed by atoms with E-state index in [1.807, 2.05) is 31.2 Å². The minimum absolute atomic E-state index is 0.153. The van der Waals surface area contributed by atoms with E-state index >= 15 is 0 Å². The second-order valence-electron chi connectivity index (χ2n) is 4.41. The summed E-state index contributed by atoms with van der Waals surface area (Å²) < 4.78 is 0. The van der Waals surface area contributed by atoms with Crippen LogP contribution in [0.25, 0.3) is 0 Å². The summed E-state index contributed by atoms with van der Waals surface area (Å²) in [7, 11) is 0. The first kappa shape index (κ1) is 13.6. The number of nitrogens with two attached hydrogens (primary N) is 1. The van der Waals surface area contributed by atoms with Crippen molar-refractivity contribution in [2.75, 3.05) is 17.2 Å². The predicted molar refractivity (Wildman–Crippen MR) is 73.0 cm³/mol. The van der Waals surface area contributed by atoms with Gasteiger partial charge in [-0.1, -0.05) is 32.4 Å². The Hall–Kier alpha value is -1.51. The molecule has 1 aromatic rings. The number of hydrogen-bond donors (Lipinski definition) is 1. The van der Waals surface area contributed by atoms with Gasteiger partial charge in [0.2, 0.25) is 5.91 Å². The highest BCUT2D eigenvalue weighted by atomic mass is 16.2. The minimum atomic E-state index is 0.153. The number of nitrogen functional groups attached to an aromatic ring is 1. The van der Waals surface area contributed by atoms with Gasteiger partial charge in [0.1, 0.15) is 0 Å². The Kier molecular flexibility index (Phi) is 5.01. The van der Waals surface area contributed by atoms with E-state index in [1.54, 1.807) is 4.90 Å². The number of rotatable bonds is 5. The van der Waals surface area contributed by atoms with Crippen molar-refractivity contribution in [3.05, 3.63) is 24.3 Å². The standard InChI is InChI=1S/C14H22N2O/c1-4-11(3)10-14(17)16(5-2)13-9-7-6-8-12(13)15/h6-9,11H,4-5,10,15H2,1-3H3. The van der Waals surface area contributed by atoms with Crippen LogP contribution in [0.1, 0.15) is 33.6 Å². The molecule has 0 aromatic heterocycles. The fourth-order valence-corrected chi connectivity index (χ4v) is 1.77. The number of carbonyl (C=O) groups is 1. The van der Waals surface area contributed by atoms with Gasteiger partial charge in [0.25, 0.3) is 0 Å². The molecule has 3 heteroatoms. The van der Waals surface area contributed by atoms with Crippen LogP contribution in [0.15, 0.2) is 24.3 Å². The zero-order chi connectivity index (χ0) is 12.8. The third-order valence-corrected chi connectivity index (χ3v) is 3.06. The number of carbonyl (C=O) groups excluding carboxylic acids is 1. The molecule has 0 aliphatic carbocycles. The maximum Gasteiger partial charge on any atom is 0.227 e. The molecule has 0 fully saturated rings. The van der Waals surface area contributed by atoms with Crippen LogP contribution in [-0.4, -0.2) is 12.5 Å². The molecule has 1 unspecified atom stereocenters. The summed E-state index contributed by atoms with van der Waals surface area (Å²) in [5.41, 5.74) is 7.39. The van der Waals surface area contributed by atoms with Crippen LogP contribution >= 0.6 is 0 Å². The number of amides is 1. The molecule has 17 heavy (non-hydrogen) atoms. The fourth-order valence-electron chi connectivity index (χ4n) is 1.77. The average molecular weight is 234 g/mol. The summed E-state index contributed by atoms with van der Waals surface area (Å²) >= 11 is 0. The molecule has 1 aromatic carbocycles. The Bertz CT molecular complexity index is 376. The minimum Gasteiger partial charge on any atom is -0.397 e. The summed E-state index contributed by atoms with van der Waals surface area (Å²) in [5, 5.41) is 0. The molecule has 1 amide bonds. The molecule has 0 aliphatic rings. The first-order chi connectivity index (χ1) is 8.10. The van der Waals surface area contributed by atoms with E-state index in [9.17, 15) is 4.79 Å². The maximum atomic E-state index is 12.2. The van der Waals surface area contributed by atoms with Gasteiger partial charge in [-0.2, -0.15) is 0 Å². The monoisotopic (exact) mass is 234 g/mol. The van der Waals surface area contributed by atoms with Crippen LogP contribution < -0.4 is 10.6 Å². The van der Waals surface area contributed by atoms with Gasteiger partial charge in [-0.05, 0) is 25.0 Å². The fraction of sp³-hybridized carbons (Fsp3) is 0.500. The number of anilines is 2. The van der Waals surface area contributed by atoms with Crippen molar-refractivity contribution in [2.24, 2.45) is 5.92 Å². The summed E-state index contributed by atoms with van der Waals surface area (Å²) in [6, 6.07) is 7.51. The second-order valence-corrected chi connectivity index (χ2v) is 4.41. The number of benzene rings is 1. The van der Waals surface area contributed by atoms with Crippen molar-refractivity contribution in [2.45, 2.75) is 33.6 Å². The molecule has 0 saturated heterocycles. The molecule has 94 valence electrons. The van der Waals surface area contributed by atoms with Crippen molar-refractivity contribution < 1.29 is 4.79 Å². The van der Waals surface area contributed by atoms with Crippen LogP contribution in [0, 0.1) is 5.92 Å². The van der Waals surface area contributed by atoms with Gasteiger partial charge in [-0.15, -0.1) is 0 Å². The van der Waals surface area contributed by atoms with Crippen molar-refractivity contribution in [1.29, 1.82) is 0 Å². The average Bonchev–Trinajstić information content (AvgIpc) is 2.32.